The Balaban J connectivity index is 1.34. The number of H-pyrrole nitrogens is 1. The third-order valence-electron chi connectivity index (χ3n) is 5.66. The number of hydrogen-bond acceptors (Lipinski definition) is 3. The first-order valence-corrected chi connectivity index (χ1v) is 11.5. The van der Waals surface area contributed by atoms with Crippen LogP contribution in [0, 0.1) is 6.92 Å². The molecule has 2 aromatic heterocycles. The van der Waals surface area contributed by atoms with Crippen molar-refractivity contribution in [3.63, 3.8) is 0 Å². The molecule has 29 heavy (non-hydrogen) atoms. The van der Waals surface area contributed by atoms with Gasteiger partial charge in [-0.1, -0.05) is 18.2 Å². The molecule has 5 nitrogen and oxygen atoms in total. The van der Waals surface area contributed by atoms with Gasteiger partial charge in [0.15, 0.2) is 5.96 Å². The fourth-order valence-electron chi connectivity index (χ4n) is 4.14. The maximum Gasteiger partial charge on any atom is 0.191 e. The van der Waals surface area contributed by atoms with Crippen molar-refractivity contribution in [2.75, 3.05) is 31.1 Å². The van der Waals surface area contributed by atoms with Crippen LogP contribution in [0.15, 0.2) is 46.8 Å². The molecule has 154 valence electrons. The molecular formula is C23H31N5S. The number of rotatable bonds is 6. The van der Waals surface area contributed by atoms with Crippen molar-refractivity contribution in [1.29, 1.82) is 0 Å². The minimum Gasteiger partial charge on any atom is -0.363 e. The van der Waals surface area contributed by atoms with Crippen LogP contribution in [-0.4, -0.2) is 43.2 Å². The Morgan fingerprint density at radius 2 is 2.03 bits per heavy atom. The minimum atomic E-state index is 0.485. The van der Waals surface area contributed by atoms with E-state index in [9.17, 15) is 0 Å². The van der Waals surface area contributed by atoms with Crippen molar-refractivity contribution in [2.24, 2.45) is 4.99 Å². The summed E-state index contributed by atoms with van der Waals surface area (Å²) < 4.78 is 0. The number of aromatic nitrogens is 1. The highest BCUT2D eigenvalue weighted by atomic mass is 32.1. The summed E-state index contributed by atoms with van der Waals surface area (Å²) in [4.78, 5) is 10.8. The van der Waals surface area contributed by atoms with Crippen LogP contribution in [-0.2, 0) is 6.42 Å². The summed E-state index contributed by atoms with van der Waals surface area (Å²) in [5.74, 6) is 0.944. The summed E-state index contributed by atoms with van der Waals surface area (Å²) in [5, 5.41) is 11.9. The standard InChI is InChI=1S/C23H31N5S/c1-3-24-23(27-18-11-14-28(15-12-18)22-9-6-16-29-22)25-13-10-19-17(2)26-21-8-5-4-7-20(19)21/h4-9,16,18,26H,3,10-15H2,1-2H3,(H2,24,25,27). The average Bonchev–Trinajstić information content (AvgIpc) is 3.37. The number of nitrogens with zero attached hydrogens (tertiary/aromatic N) is 2. The van der Waals surface area contributed by atoms with Crippen LogP contribution >= 0.6 is 11.3 Å². The van der Waals surface area contributed by atoms with E-state index >= 15 is 0 Å². The molecule has 1 aromatic carbocycles. The molecule has 0 bridgehead atoms. The van der Waals surface area contributed by atoms with E-state index in [1.54, 1.807) is 0 Å². The topological polar surface area (TPSA) is 55.5 Å². The van der Waals surface area contributed by atoms with Crippen LogP contribution in [0.5, 0.6) is 0 Å². The third-order valence-corrected chi connectivity index (χ3v) is 6.59. The summed E-state index contributed by atoms with van der Waals surface area (Å²) in [6.07, 6.45) is 3.23. The second kappa shape index (κ2) is 9.35. The molecule has 0 aliphatic carbocycles. The van der Waals surface area contributed by atoms with Crippen LogP contribution < -0.4 is 15.5 Å². The van der Waals surface area contributed by atoms with Crippen LogP contribution in [0.3, 0.4) is 0 Å². The number of para-hydroxylation sites is 1. The molecule has 1 fully saturated rings. The van der Waals surface area contributed by atoms with Crippen LogP contribution in [0.1, 0.15) is 31.0 Å². The number of piperidine rings is 1. The zero-order valence-corrected chi connectivity index (χ0v) is 18.2. The van der Waals surface area contributed by atoms with E-state index in [1.807, 2.05) is 11.3 Å². The first kappa shape index (κ1) is 19.8. The molecule has 4 rings (SSSR count). The van der Waals surface area contributed by atoms with Crippen molar-refractivity contribution in [3.05, 3.63) is 53.0 Å². The Labute approximate surface area is 177 Å². The first-order valence-electron chi connectivity index (χ1n) is 10.6. The lowest BCUT2D eigenvalue weighted by Gasteiger charge is -2.33. The SMILES string of the molecule is CCNC(=NCCc1c(C)[nH]c2ccccc12)NC1CCN(c2cccs2)CC1. The Morgan fingerprint density at radius 3 is 2.79 bits per heavy atom. The van der Waals surface area contributed by atoms with E-state index in [0.717, 1.165) is 51.4 Å². The Bertz CT molecular complexity index is 935. The second-order valence-corrected chi connectivity index (χ2v) is 8.57. The van der Waals surface area contributed by atoms with Gasteiger partial charge in [0.05, 0.1) is 5.00 Å². The summed E-state index contributed by atoms with van der Waals surface area (Å²) in [7, 11) is 0. The van der Waals surface area contributed by atoms with Gasteiger partial charge in [0.2, 0.25) is 0 Å². The highest BCUT2D eigenvalue weighted by Crippen LogP contribution is 2.25. The monoisotopic (exact) mass is 409 g/mol. The molecule has 0 spiro atoms. The van der Waals surface area contributed by atoms with Gasteiger partial charge in [-0.2, -0.15) is 0 Å². The molecule has 1 aliphatic rings. The van der Waals surface area contributed by atoms with Gasteiger partial charge in [0.1, 0.15) is 0 Å². The van der Waals surface area contributed by atoms with Gasteiger partial charge in [-0.25, -0.2) is 0 Å². The molecular weight excluding hydrogens is 378 g/mol. The number of hydrogen-bond donors (Lipinski definition) is 3. The Morgan fingerprint density at radius 1 is 1.21 bits per heavy atom. The van der Waals surface area contributed by atoms with Gasteiger partial charge >= 0.3 is 0 Å². The van der Waals surface area contributed by atoms with Crippen molar-refractivity contribution in [2.45, 2.75) is 39.2 Å². The van der Waals surface area contributed by atoms with Gasteiger partial charge in [0, 0.05) is 48.8 Å². The number of guanidine groups is 1. The van der Waals surface area contributed by atoms with Gasteiger partial charge in [-0.3, -0.25) is 4.99 Å². The molecule has 0 amide bonds. The summed E-state index contributed by atoms with van der Waals surface area (Å²) in [6.45, 7) is 8.15. The molecule has 0 radical (unpaired) electrons. The van der Waals surface area contributed by atoms with Crippen molar-refractivity contribution in [1.82, 2.24) is 15.6 Å². The molecule has 0 atom stereocenters. The van der Waals surface area contributed by atoms with E-state index in [2.05, 4.69) is 76.1 Å². The number of nitrogens with one attached hydrogen (secondary N) is 3. The molecule has 6 heteroatoms. The van der Waals surface area contributed by atoms with Gasteiger partial charge in [-0.15, -0.1) is 11.3 Å². The highest BCUT2D eigenvalue weighted by molar-refractivity contribution is 7.14. The molecule has 3 N–H and O–H groups in total. The number of fused-ring (bicyclic) bond motifs is 1. The van der Waals surface area contributed by atoms with Crippen LogP contribution in [0.2, 0.25) is 0 Å². The van der Waals surface area contributed by atoms with Crippen molar-refractivity contribution in [3.8, 4) is 0 Å². The zero-order valence-electron chi connectivity index (χ0n) is 17.4. The molecule has 0 saturated carbocycles. The molecule has 1 aliphatic heterocycles. The van der Waals surface area contributed by atoms with E-state index in [1.165, 1.54) is 27.2 Å². The molecule has 3 heterocycles. The van der Waals surface area contributed by atoms with Gasteiger partial charge in [-0.05, 0) is 62.3 Å². The Kier molecular flexibility index (Phi) is 6.39. The number of anilines is 1. The summed E-state index contributed by atoms with van der Waals surface area (Å²) in [5.41, 5.74) is 3.84. The lowest BCUT2D eigenvalue weighted by atomic mass is 10.1. The van der Waals surface area contributed by atoms with Crippen LogP contribution in [0.4, 0.5) is 5.00 Å². The van der Waals surface area contributed by atoms with Crippen molar-refractivity contribution >= 4 is 33.2 Å². The fourth-order valence-corrected chi connectivity index (χ4v) is 4.93. The van der Waals surface area contributed by atoms with Gasteiger partial charge in [0.25, 0.3) is 0 Å². The molecule has 0 unspecified atom stereocenters. The lowest BCUT2D eigenvalue weighted by Crippen LogP contribution is -2.48. The van der Waals surface area contributed by atoms with E-state index < -0.39 is 0 Å². The first-order chi connectivity index (χ1) is 14.2. The fraction of sp³-hybridized carbons (Fsp3) is 0.435. The summed E-state index contributed by atoms with van der Waals surface area (Å²) in [6, 6.07) is 13.4. The Hall–Kier alpha value is -2.47. The minimum absolute atomic E-state index is 0.485. The third kappa shape index (κ3) is 4.75. The predicted molar refractivity (Wildman–Crippen MR) is 125 cm³/mol. The maximum absolute atomic E-state index is 4.87. The van der Waals surface area contributed by atoms with Crippen LogP contribution in [0.25, 0.3) is 10.9 Å². The van der Waals surface area contributed by atoms with Crippen molar-refractivity contribution < 1.29 is 0 Å². The van der Waals surface area contributed by atoms with Gasteiger partial charge < -0.3 is 20.5 Å². The largest absolute Gasteiger partial charge is 0.363 e. The summed E-state index contributed by atoms with van der Waals surface area (Å²) >= 11 is 1.83. The maximum atomic E-state index is 4.87. The molecule has 1 saturated heterocycles. The zero-order chi connectivity index (χ0) is 20.1. The highest BCUT2D eigenvalue weighted by Gasteiger charge is 2.20. The number of aromatic amines is 1. The van der Waals surface area contributed by atoms with E-state index in [0.29, 0.717) is 6.04 Å². The van der Waals surface area contributed by atoms with E-state index in [4.69, 9.17) is 4.99 Å². The number of aryl methyl sites for hydroxylation is 1. The normalized spacial score (nSPS) is 15.8. The number of thiophene rings is 1. The smallest absolute Gasteiger partial charge is 0.191 e. The lowest BCUT2D eigenvalue weighted by molar-refractivity contribution is 0.463. The number of benzene rings is 1. The average molecular weight is 410 g/mol. The second-order valence-electron chi connectivity index (χ2n) is 7.64. The quantitative estimate of drug-likeness (QED) is 0.420. The number of aliphatic imine (C=N–C) groups is 1. The predicted octanol–water partition coefficient (Wildman–Crippen LogP) is 4.30. The molecule has 3 aromatic rings. The van der Waals surface area contributed by atoms with E-state index in [-0.39, 0.29) is 0 Å².